The minimum Gasteiger partial charge on any atom is -0.310 e. The Hall–Kier alpha value is -0.130. The van der Waals surface area contributed by atoms with Gasteiger partial charge in [-0.3, -0.25) is 0 Å². The van der Waals surface area contributed by atoms with Gasteiger partial charge in [0, 0.05) is 24.9 Å². The molecule has 2 rings (SSSR count). The Morgan fingerprint density at radius 2 is 1.94 bits per heavy atom. The first-order chi connectivity index (χ1) is 7.99. The molecule has 0 atom stereocenters. The number of rotatable bonds is 3. The van der Waals surface area contributed by atoms with Gasteiger partial charge in [-0.05, 0) is 32.4 Å². The van der Waals surface area contributed by atoms with E-state index in [0.717, 1.165) is 26.1 Å². The van der Waals surface area contributed by atoms with Gasteiger partial charge < -0.3 is 10.2 Å². The summed E-state index contributed by atoms with van der Waals surface area (Å²) >= 11 is 0. The Kier molecular flexibility index (Phi) is 4.10. The predicted octanol–water partition coefficient (Wildman–Crippen LogP) is 0.639. The van der Waals surface area contributed by atoms with Crippen molar-refractivity contribution in [2.45, 2.75) is 37.6 Å². The van der Waals surface area contributed by atoms with E-state index < -0.39 is 9.84 Å². The highest BCUT2D eigenvalue weighted by Gasteiger charge is 2.36. The molecule has 2 aliphatic rings. The molecule has 17 heavy (non-hydrogen) atoms. The molecular weight excluding hydrogens is 236 g/mol. The molecule has 1 N–H and O–H groups in total. The summed E-state index contributed by atoms with van der Waals surface area (Å²) in [7, 11) is -2.83. The van der Waals surface area contributed by atoms with Crippen LogP contribution in [0.5, 0.6) is 0 Å². The summed E-state index contributed by atoms with van der Waals surface area (Å²) < 4.78 is 22.5. The van der Waals surface area contributed by atoms with Crippen molar-refractivity contribution in [1.29, 1.82) is 0 Å². The third kappa shape index (κ3) is 3.93. The van der Waals surface area contributed by atoms with Gasteiger partial charge in [0.1, 0.15) is 9.84 Å². The molecule has 1 aliphatic heterocycles. The molecule has 100 valence electrons. The molecule has 1 saturated carbocycles. The maximum absolute atomic E-state index is 11.2. The van der Waals surface area contributed by atoms with Crippen LogP contribution in [-0.2, 0) is 9.84 Å². The summed E-state index contributed by atoms with van der Waals surface area (Å²) in [6.07, 6.45) is 7.59. The van der Waals surface area contributed by atoms with E-state index in [1.807, 2.05) is 0 Å². The monoisotopic (exact) mass is 260 g/mol. The van der Waals surface area contributed by atoms with E-state index in [4.69, 9.17) is 0 Å². The van der Waals surface area contributed by atoms with Gasteiger partial charge in [-0.1, -0.05) is 12.8 Å². The first kappa shape index (κ1) is 13.3. The SMILES string of the molecule is CS(=O)(=O)CCN1CCCNC2(CCCC2)C1. The minimum absolute atomic E-state index is 0.286. The molecule has 0 amide bonds. The lowest BCUT2D eigenvalue weighted by atomic mass is 9.97. The third-order valence-corrected chi connectivity index (χ3v) is 4.94. The number of hydrogen-bond acceptors (Lipinski definition) is 4. The largest absolute Gasteiger partial charge is 0.310 e. The molecule has 0 aromatic rings. The molecule has 1 spiro atoms. The molecule has 0 unspecified atom stereocenters. The fourth-order valence-electron chi connectivity index (χ4n) is 3.09. The highest BCUT2D eigenvalue weighted by Crippen LogP contribution is 2.31. The van der Waals surface area contributed by atoms with E-state index >= 15 is 0 Å². The second-order valence-electron chi connectivity index (χ2n) is 5.67. The molecule has 4 nitrogen and oxygen atoms in total. The molecule has 1 aliphatic carbocycles. The summed E-state index contributed by atoms with van der Waals surface area (Å²) in [5.41, 5.74) is 0.286. The summed E-state index contributed by atoms with van der Waals surface area (Å²) in [4.78, 5) is 2.34. The average molecular weight is 260 g/mol. The van der Waals surface area contributed by atoms with E-state index in [1.54, 1.807) is 0 Å². The quantitative estimate of drug-likeness (QED) is 0.809. The minimum atomic E-state index is -2.83. The van der Waals surface area contributed by atoms with Crippen molar-refractivity contribution >= 4 is 9.84 Å². The second kappa shape index (κ2) is 5.24. The van der Waals surface area contributed by atoms with E-state index in [9.17, 15) is 8.42 Å². The van der Waals surface area contributed by atoms with Crippen LogP contribution in [0.1, 0.15) is 32.1 Å². The summed E-state index contributed by atoms with van der Waals surface area (Å²) in [5, 5.41) is 3.69. The fraction of sp³-hybridized carbons (Fsp3) is 1.00. The van der Waals surface area contributed by atoms with Gasteiger partial charge in [0.2, 0.25) is 0 Å². The average Bonchev–Trinajstić information content (AvgIpc) is 2.57. The van der Waals surface area contributed by atoms with Gasteiger partial charge >= 0.3 is 0 Å². The van der Waals surface area contributed by atoms with Crippen LogP contribution in [0.25, 0.3) is 0 Å². The zero-order chi connectivity index (χ0) is 12.4. The molecule has 0 aromatic carbocycles. The Labute approximate surface area is 105 Å². The molecule has 0 radical (unpaired) electrons. The second-order valence-corrected chi connectivity index (χ2v) is 7.93. The Bertz CT molecular complexity index is 348. The Balaban J connectivity index is 1.93. The number of nitrogens with one attached hydrogen (secondary N) is 1. The van der Waals surface area contributed by atoms with Gasteiger partial charge in [-0.15, -0.1) is 0 Å². The van der Waals surface area contributed by atoms with E-state index in [2.05, 4.69) is 10.2 Å². The molecular formula is C12H24N2O2S. The van der Waals surface area contributed by atoms with Gasteiger partial charge in [-0.2, -0.15) is 0 Å². The maximum Gasteiger partial charge on any atom is 0.148 e. The van der Waals surface area contributed by atoms with E-state index in [0.29, 0.717) is 12.3 Å². The van der Waals surface area contributed by atoms with Crippen LogP contribution in [-0.4, -0.2) is 57.0 Å². The van der Waals surface area contributed by atoms with E-state index in [-0.39, 0.29) is 5.54 Å². The highest BCUT2D eigenvalue weighted by molar-refractivity contribution is 7.90. The smallest absolute Gasteiger partial charge is 0.148 e. The van der Waals surface area contributed by atoms with Crippen molar-refractivity contribution in [3.63, 3.8) is 0 Å². The highest BCUT2D eigenvalue weighted by atomic mass is 32.2. The Morgan fingerprint density at radius 3 is 2.59 bits per heavy atom. The van der Waals surface area contributed by atoms with E-state index in [1.165, 1.54) is 31.9 Å². The van der Waals surface area contributed by atoms with Crippen LogP contribution in [0, 0.1) is 0 Å². The zero-order valence-corrected chi connectivity index (χ0v) is 11.6. The van der Waals surface area contributed by atoms with Crippen LogP contribution in [0.2, 0.25) is 0 Å². The molecule has 2 fully saturated rings. The molecule has 0 aromatic heterocycles. The van der Waals surface area contributed by atoms with Crippen molar-refractivity contribution < 1.29 is 8.42 Å². The lowest BCUT2D eigenvalue weighted by Gasteiger charge is -2.33. The van der Waals surface area contributed by atoms with Gasteiger partial charge in [-0.25, -0.2) is 8.42 Å². The lowest BCUT2D eigenvalue weighted by molar-refractivity contribution is 0.219. The normalized spacial score (nSPS) is 26.2. The third-order valence-electron chi connectivity index (χ3n) is 4.02. The van der Waals surface area contributed by atoms with Gasteiger partial charge in [0.25, 0.3) is 0 Å². The fourth-order valence-corrected chi connectivity index (χ4v) is 3.68. The summed E-state index contributed by atoms with van der Waals surface area (Å²) in [6, 6.07) is 0. The zero-order valence-electron chi connectivity index (χ0n) is 10.7. The van der Waals surface area contributed by atoms with Crippen molar-refractivity contribution in [2.24, 2.45) is 0 Å². The van der Waals surface area contributed by atoms with Crippen molar-refractivity contribution in [3.05, 3.63) is 0 Å². The van der Waals surface area contributed by atoms with Crippen LogP contribution in [0.4, 0.5) is 0 Å². The van der Waals surface area contributed by atoms with Gasteiger partial charge in [0.05, 0.1) is 5.75 Å². The summed E-state index contributed by atoms with van der Waals surface area (Å²) in [6.45, 7) is 3.84. The topological polar surface area (TPSA) is 49.4 Å². The van der Waals surface area contributed by atoms with Crippen molar-refractivity contribution in [1.82, 2.24) is 10.2 Å². The molecule has 1 heterocycles. The van der Waals surface area contributed by atoms with Crippen molar-refractivity contribution in [3.8, 4) is 0 Å². The van der Waals surface area contributed by atoms with Crippen LogP contribution >= 0.6 is 0 Å². The molecule has 0 bridgehead atoms. The molecule has 1 saturated heterocycles. The van der Waals surface area contributed by atoms with Gasteiger partial charge in [0.15, 0.2) is 0 Å². The number of sulfone groups is 1. The Morgan fingerprint density at radius 1 is 1.24 bits per heavy atom. The standard InChI is InChI=1S/C12H24N2O2S/c1-17(15,16)10-9-14-8-4-7-13-12(11-14)5-2-3-6-12/h13H,2-11H2,1H3. The van der Waals surface area contributed by atoms with Crippen LogP contribution in [0.3, 0.4) is 0 Å². The molecule has 5 heteroatoms. The maximum atomic E-state index is 11.2. The first-order valence-corrected chi connectivity index (χ1v) is 8.70. The summed E-state index contributed by atoms with van der Waals surface area (Å²) in [5.74, 6) is 0.295. The van der Waals surface area contributed by atoms with Crippen LogP contribution < -0.4 is 5.32 Å². The van der Waals surface area contributed by atoms with Crippen LogP contribution in [0.15, 0.2) is 0 Å². The first-order valence-electron chi connectivity index (χ1n) is 6.64. The number of nitrogens with zero attached hydrogens (tertiary/aromatic N) is 1. The van der Waals surface area contributed by atoms with Crippen molar-refractivity contribution in [2.75, 3.05) is 38.2 Å². The number of hydrogen-bond donors (Lipinski definition) is 1. The predicted molar refractivity (Wildman–Crippen MR) is 70.0 cm³/mol. The lowest BCUT2D eigenvalue weighted by Crippen LogP contribution is -2.49.